The molecule has 9 heteroatoms. The Bertz CT molecular complexity index is 745. The first-order valence-corrected chi connectivity index (χ1v) is 6.41. The van der Waals surface area contributed by atoms with Crippen LogP contribution in [-0.4, -0.2) is 48.8 Å². The van der Waals surface area contributed by atoms with E-state index in [1.165, 1.54) is 13.8 Å². The molecule has 0 amide bonds. The summed E-state index contributed by atoms with van der Waals surface area (Å²) >= 11 is 0. The van der Waals surface area contributed by atoms with E-state index >= 15 is 0 Å². The van der Waals surface area contributed by atoms with Gasteiger partial charge in [-0.25, -0.2) is 4.79 Å². The summed E-state index contributed by atoms with van der Waals surface area (Å²) in [5, 5.41) is 30.3. The molecule has 1 aliphatic heterocycles. The fraction of sp³-hybridized carbons (Fsp3) is 0.538. The minimum Gasteiger partial charge on any atom is -0.391 e. The molecule has 0 bridgehead atoms. The zero-order chi connectivity index (χ0) is 16.7. The minimum absolute atomic E-state index is 0.547. The summed E-state index contributed by atoms with van der Waals surface area (Å²) in [6, 6.07) is 0. The van der Waals surface area contributed by atoms with Gasteiger partial charge >= 0.3 is 5.69 Å². The van der Waals surface area contributed by atoms with Crippen molar-refractivity contribution in [2.45, 2.75) is 44.0 Å². The summed E-state index contributed by atoms with van der Waals surface area (Å²) in [5.41, 5.74) is -4.53. The van der Waals surface area contributed by atoms with Gasteiger partial charge in [-0.1, -0.05) is 5.92 Å². The van der Waals surface area contributed by atoms with Crippen molar-refractivity contribution in [2.24, 2.45) is 0 Å². The van der Waals surface area contributed by atoms with E-state index < -0.39 is 47.2 Å². The summed E-state index contributed by atoms with van der Waals surface area (Å²) in [4.78, 5) is 24.6. The fourth-order valence-corrected chi connectivity index (χ4v) is 2.35. The number of hydrogen-bond acceptors (Lipinski definition) is 6. The van der Waals surface area contributed by atoms with Crippen LogP contribution in [0.4, 0.5) is 4.39 Å². The Morgan fingerprint density at radius 1 is 1.55 bits per heavy atom. The van der Waals surface area contributed by atoms with Crippen LogP contribution >= 0.6 is 0 Å². The molecular weight excluding hydrogens is 299 g/mol. The number of hydrogen-bond donors (Lipinski definition) is 4. The van der Waals surface area contributed by atoms with Crippen LogP contribution in [-0.2, 0) is 4.74 Å². The lowest BCUT2D eigenvalue weighted by molar-refractivity contribution is -0.0887. The van der Waals surface area contributed by atoms with E-state index in [0.717, 1.165) is 0 Å². The molecule has 1 saturated heterocycles. The van der Waals surface area contributed by atoms with Crippen LogP contribution in [0.3, 0.4) is 0 Å². The maximum absolute atomic E-state index is 13.4. The highest BCUT2D eigenvalue weighted by Crippen LogP contribution is 2.38. The van der Waals surface area contributed by atoms with Crippen molar-refractivity contribution in [2.75, 3.05) is 0 Å². The van der Waals surface area contributed by atoms with Gasteiger partial charge in [-0.3, -0.25) is 14.3 Å². The van der Waals surface area contributed by atoms with Gasteiger partial charge in [-0.05, 0) is 13.8 Å². The monoisotopic (exact) mass is 314 g/mol. The third-order valence-electron chi connectivity index (χ3n) is 3.40. The molecule has 1 aliphatic rings. The molecule has 1 unspecified atom stereocenters. The Morgan fingerprint density at radius 3 is 2.73 bits per heavy atom. The zero-order valence-electron chi connectivity index (χ0n) is 11.8. The van der Waals surface area contributed by atoms with Gasteiger partial charge in [0.15, 0.2) is 11.8 Å². The van der Waals surface area contributed by atoms with E-state index in [0.29, 0.717) is 10.8 Å². The summed E-state index contributed by atoms with van der Waals surface area (Å²) in [6.45, 7) is 2.69. The lowest BCUT2D eigenvalue weighted by atomic mass is 9.93. The van der Waals surface area contributed by atoms with Crippen LogP contribution in [0.15, 0.2) is 15.8 Å². The summed E-state index contributed by atoms with van der Waals surface area (Å²) < 4.78 is 19.3. The third-order valence-corrected chi connectivity index (χ3v) is 3.40. The number of aliphatic hydroxyl groups is 3. The van der Waals surface area contributed by atoms with Gasteiger partial charge in [0.1, 0.15) is 12.2 Å². The lowest BCUT2D eigenvalue weighted by Gasteiger charge is -2.26. The van der Waals surface area contributed by atoms with Crippen LogP contribution in [0.25, 0.3) is 0 Å². The normalized spacial score (nSPS) is 32.4. The van der Waals surface area contributed by atoms with Gasteiger partial charge in [-0.2, -0.15) is 4.39 Å². The van der Waals surface area contributed by atoms with Crippen molar-refractivity contribution < 1.29 is 24.4 Å². The second-order valence-corrected chi connectivity index (χ2v) is 4.98. The number of nitrogens with one attached hydrogen (secondary N) is 1. The van der Waals surface area contributed by atoms with Gasteiger partial charge in [-0.15, -0.1) is 5.92 Å². The number of halogens is 1. The number of nitrogens with zero attached hydrogens (tertiary/aromatic N) is 1. The van der Waals surface area contributed by atoms with Crippen molar-refractivity contribution in [3.05, 3.63) is 32.9 Å². The highest BCUT2D eigenvalue weighted by molar-refractivity contribution is 5.22. The molecule has 0 aliphatic carbocycles. The number of rotatable bonds is 2. The van der Waals surface area contributed by atoms with Crippen molar-refractivity contribution in [1.29, 1.82) is 0 Å². The van der Waals surface area contributed by atoms with Crippen molar-refractivity contribution >= 4 is 0 Å². The summed E-state index contributed by atoms with van der Waals surface area (Å²) in [7, 11) is 0. The van der Waals surface area contributed by atoms with Crippen LogP contribution in [0.1, 0.15) is 20.1 Å². The number of aliphatic hydroxyl groups excluding tert-OH is 2. The van der Waals surface area contributed by atoms with E-state index in [1.807, 2.05) is 0 Å². The Hall–Kier alpha value is -1.99. The molecule has 0 spiro atoms. The van der Waals surface area contributed by atoms with E-state index in [9.17, 15) is 29.3 Å². The standard InChI is InChI=1S/C13H15FN2O6/c1-3-4-13(21)9(18)8(6(2)17)22-11(13)16-5-7(14)10(19)15-12(16)20/h5-6,8-9,11,17-18,21H,1-2H3,(H,15,19,20)/t6-,8-,9+,11-,13?/m1/s1. The SMILES string of the molecule is CC#CC1(O)[C@@H](O)[C@@H]([C@@H](C)O)O[C@H]1n1cc(F)c(=O)[nH]c1=O. The molecular formula is C13H15FN2O6. The molecule has 1 fully saturated rings. The summed E-state index contributed by atoms with van der Waals surface area (Å²) in [5.74, 6) is 3.42. The molecule has 0 saturated carbocycles. The predicted octanol–water partition coefficient (Wildman–Crippen LogP) is -1.93. The minimum atomic E-state index is -2.26. The van der Waals surface area contributed by atoms with Gasteiger partial charge in [0.2, 0.25) is 5.82 Å². The van der Waals surface area contributed by atoms with Gasteiger partial charge in [0, 0.05) is 0 Å². The zero-order valence-corrected chi connectivity index (χ0v) is 11.8. The predicted molar refractivity (Wildman–Crippen MR) is 71.3 cm³/mol. The van der Waals surface area contributed by atoms with Crippen LogP contribution in [0, 0.1) is 17.7 Å². The third kappa shape index (κ3) is 2.46. The molecule has 22 heavy (non-hydrogen) atoms. The molecule has 120 valence electrons. The molecule has 0 aromatic carbocycles. The second kappa shape index (κ2) is 5.66. The highest BCUT2D eigenvalue weighted by atomic mass is 19.1. The van der Waals surface area contributed by atoms with E-state index in [1.54, 1.807) is 4.98 Å². The number of aromatic amines is 1. The van der Waals surface area contributed by atoms with Gasteiger partial charge in [0.25, 0.3) is 5.56 Å². The van der Waals surface area contributed by atoms with E-state index in [-0.39, 0.29) is 0 Å². The average molecular weight is 314 g/mol. The van der Waals surface area contributed by atoms with E-state index in [4.69, 9.17) is 4.74 Å². The molecule has 8 nitrogen and oxygen atoms in total. The number of aromatic nitrogens is 2. The highest BCUT2D eigenvalue weighted by Gasteiger charge is 2.57. The van der Waals surface area contributed by atoms with E-state index in [2.05, 4.69) is 11.8 Å². The first-order chi connectivity index (χ1) is 10.2. The Labute approximate surface area is 123 Å². The molecule has 1 aromatic rings. The molecule has 2 heterocycles. The molecule has 2 rings (SSSR count). The smallest absolute Gasteiger partial charge is 0.330 e. The number of ether oxygens (including phenoxy) is 1. The Balaban J connectivity index is 2.61. The number of H-pyrrole nitrogens is 1. The molecule has 0 radical (unpaired) electrons. The maximum atomic E-state index is 13.4. The van der Waals surface area contributed by atoms with Crippen molar-refractivity contribution in [1.82, 2.24) is 9.55 Å². The topological polar surface area (TPSA) is 125 Å². The largest absolute Gasteiger partial charge is 0.391 e. The van der Waals surface area contributed by atoms with Crippen molar-refractivity contribution in [3.8, 4) is 11.8 Å². The second-order valence-electron chi connectivity index (χ2n) is 4.98. The molecule has 1 aromatic heterocycles. The van der Waals surface area contributed by atoms with Crippen molar-refractivity contribution in [3.63, 3.8) is 0 Å². The average Bonchev–Trinajstić information content (AvgIpc) is 2.68. The quantitative estimate of drug-likeness (QED) is 0.471. The fourth-order valence-electron chi connectivity index (χ4n) is 2.35. The van der Waals surface area contributed by atoms with Gasteiger partial charge < -0.3 is 20.1 Å². The summed E-state index contributed by atoms with van der Waals surface area (Å²) in [6.07, 6.45) is -5.14. The first kappa shape index (κ1) is 16.4. The first-order valence-electron chi connectivity index (χ1n) is 6.41. The lowest BCUT2D eigenvalue weighted by Crippen LogP contribution is -2.49. The molecule has 4 N–H and O–H groups in total. The molecule has 5 atom stereocenters. The Kier molecular flexibility index (Phi) is 4.21. The van der Waals surface area contributed by atoms with Gasteiger partial charge in [0.05, 0.1) is 12.3 Å². The van der Waals surface area contributed by atoms with Crippen LogP contribution < -0.4 is 11.2 Å². The maximum Gasteiger partial charge on any atom is 0.330 e. The Morgan fingerprint density at radius 2 is 2.18 bits per heavy atom. The van der Waals surface area contributed by atoms with Crippen LogP contribution in [0.5, 0.6) is 0 Å². The van der Waals surface area contributed by atoms with Crippen LogP contribution in [0.2, 0.25) is 0 Å².